The van der Waals surface area contributed by atoms with E-state index >= 15 is 0 Å². The molecule has 98 valence electrons. The zero-order chi connectivity index (χ0) is 12.9. The average molecular weight is 244 g/mol. The molecule has 0 aromatic carbocycles. The number of carbonyl (C=O) groups is 2. The Balaban J connectivity index is 2.29. The number of rotatable bonds is 7. The van der Waals surface area contributed by atoms with Crippen LogP contribution in [-0.4, -0.2) is 41.4 Å². The second kappa shape index (κ2) is 5.86. The van der Waals surface area contributed by atoms with Crippen LogP contribution < -0.4 is 10.6 Å². The molecule has 0 bridgehead atoms. The van der Waals surface area contributed by atoms with E-state index < -0.39 is 18.0 Å². The molecule has 6 nitrogen and oxygen atoms in total. The zero-order valence-electron chi connectivity index (χ0n) is 10.0. The maximum atomic E-state index is 11.5. The lowest BCUT2D eigenvalue weighted by Gasteiger charge is -2.17. The SMILES string of the molecule is CCC1(CNC(=O)NC(CCO)C(=O)O)CC1. The number of carboxylic acid groups (broad SMARTS) is 1. The molecule has 0 saturated heterocycles. The van der Waals surface area contributed by atoms with Crippen molar-refractivity contribution in [2.75, 3.05) is 13.2 Å². The Bertz CT molecular complexity index is 289. The molecule has 0 radical (unpaired) electrons. The highest BCUT2D eigenvalue weighted by molar-refractivity contribution is 5.82. The summed E-state index contributed by atoms with van der Waals surface area (Å²) in [5.74, 6) is -1.13. The summed E-state index contributed by atoms with van der Waals surface area (Å²) in [6.45, 7) is 2.40. The van der Waals surface area contributed by atoms with Crippen molar-refractivity contribution in [3.05, 3.63) is 0 Å². The molecular weight excluding hydrogens is 224 g/mol. The molecule has 1 atom stereocenters. The maximum Gasteiger partial charge on any atom is 0.326 e. The first-order valence-corrected chi connectivity index (χ1v) is 5.91. The van der Waals surface area contributed by atoms with Gasteiger partial charge in [0.05, 0.1) is 0 Å². The number of hydrogen-bond acceptors (Lipinski definition) is 3. The topological polar surface area (TPSA) is 98.7 Å². The monoisotopic (exact) mass is 244 g/mol. The highest BCUT2D eigenvalue weighted by Crippen LogP contribution is 2.47. The fourth-order valence-electron chi connectivity index (χ4n) is 1.70. The van der Waals surface area contributed by atoms with Crippen molar-refractivity contribution >= 4 is 12.0 Å². The largest absolute Gasteiger partial charge is 0.480 e. The van der Waals surface area contributed by atoms with E-state index in [1.165, 1.54) is 0 Å². The number of carbonyl (C=O) groups excluding carboxylic acids is 1. The number of nitrogens with one attached hydrogen (secondary N) is 2. The molecule has 1 aliphatic rings. The highest BCUT2D eigenvalue weighted by atomic mass is 16.4. The van der Waals surface area contributed by atoms with Crippen molar-refractivity contribution in [2.45, 2.75) is 38.6 Å². The summed E-state index contributed by atoms with van der Waals surface area (Å²) in [5.41, 5.74) is 0.229. The molecule has 17 heavy (non-hydrogen) atoms. The summed E-state index contributed by atoms with van der Waals surface area (Å²) in [6, 6.07) is -1.51. The predicted octanol–water partition coefficient (Wildman–Crippen LogP) is 0.311. The van der Waals surface area contributed by atoms with Crippen LogP contribution in [0.25, 0.3) is 0 Å². The van der Waals surface area contributed by atoms with Crippen molar-refractivity contribution < 1.29 is 19.8 Å². The molecule has 1 saturated carbocycles. The van der Waals surface area contributed by atoms with E-state index in [0.29, 0.717) is 6.54 Å². The number of carboxylic acids is 1. The molecule has 0 aromatic heterocycles. The molecule has 0 aliphatic heterocycles. The Kier molecular flexibility index (Phi) is 4.74. The van der Waals surface area contributed by atoms with Crippen LogP contribution in [0.3, 0.4) is 0 Å². The molecule has 0 heterocycles. The Morgan fingerprint density at radius 3 is 2.47 bits per heavy atom. The maximum absolute atomic E-state index is 11.5. The van der Waals surface area contributed by atoms with Gasteiger partial charge in [0.25, 0.3) is 0 Å². The predicted molar refractivity (Wildman–Crippen MR) is 61.6 cm³/mol. The first-order valence-electron chi connectivity index (χ1n) is 5.91. The Morgan fingerprint density at radius 2 is 2.06 bits per heavy atom. The van der Waals surface area contributed by atoms with Gasteiger partial charge in [-0.1, -0.05) is 6.92 Å². The van der Waals surface area contributed by atoms with Crippen molar-refractivity contribution in [1.82, 2.24) is 10.6 Å². The Labute approximate surface area is 100 Å². The molecule has 6 heteroatoms. The quantitative estimate of drug-likeness (QED) is 0.518. The van der Waals surface area contributed by atoms with Gasteiger partial charge in [0.2, 0.25) is 0 Å². The van der Waals surface area contributed by atoms with Gasteiger partial charge in [0.1, 0.15) is 6.04 Å². The lowest BCUT2D eigenvalue weighted by molar-refractivity contribution is -0.139. The van der Waals surface area contributed by atoms with Gasteiger partial charge in [-0.05, 0) is 24.7 Å². The first kappa shape index (κ1) is 13.8. The number of aliphatic hydroxyl groups is 1. The molecule has 1 aliphatic carbocycles. The second-order valence-corrected chi connectivity index (χ2v) is 4.58. The minimum absolute atomic E-state index is 0.0155. The van der Waals surface area contributed by atoms with Crippen LogP contribution in [0.1, 0.15) is 32.6 Å². The zero-order valence-corrected chi connectivity index (χ0v) is 10.0. The van der Waals surface area contributed by atoms with Crippen LogP contribution in [0.2, 0.25) is 0 Å². The van der Waals surface area contributed by atoms with E-state index in [1.807, 2.05) is 0 Å². The summed E-state index contributed by atoms with van der Waals surface area (Å²) in [7, 11) is 0. The second-order valence-electron chi connectivity index (χ2n) is 4.58. The normalized spacial score (nSPS) is 18.2. The number of aliphatic carboxylic acids is 1. The van der Waals surface area contributed by atoms with Gasteiger partial charge < -0.3 is 20.8 Å². The molecule has 0 spiro atoms. The summed E-state index contributed by atoms with van der Waals surface area (Å²) < 4.78 is 0. The number of amides is 2. The van der Waals surface area contributed by atoms with Gasteiger partial charge in [0, 0.05) is 19.6 Å². The van der Waals surface area contributed by atoms with Crippen LogP contribution >= 0.6 is 0 Å². The summed E-state index contributed by atoms with van der Waals surface area (Å²) in [5, 5.41) is 22.5. The van der Waals surface area contributed by atoms with Gasteiger partial charge in [-0.25, -0.2) is 9.59 Å². The molecule has 1 unspecified atom stereocenters. The van der Waals surface area contributed by atoms with E-state index in [-0.39, 0.29) is 18.4 Å². The molecule has 1 rings (SSSR count). The standard InChI is InChI=1S/C11H20N2O4/c1-2-11(4-5-11)7-12-10(17)13-8(3-6-14)9(15)16/h8,14H,2-7H2,1H3,(H,15,16)(H2,12,13,17). The molecule has 2 amide bonds. The lowest BCUT2D eigenvalue weighted by Crippen LogP contribution is -2.47. The number of aliphatic hydroxyl groups excluding tert-OH is 1. The van der Waals surface area contributed by atoms with Crippen molar-refractivity contribution in [2.24, 2.45) is 5.41 Å². The van der Waals surface area contributed by atoms with Crippen molar-refractivity contribution in [1.29, 1.82) is 0 Å². The van der Waals surface area contributed by atoms with E-state index in [2.05, 4.69) is 17.6 Å². The molecule has 0 aromatic rings. The van der Waals surface area contributed by atoms with Crippen molar-refractivity contribution in [3.63, 3.8) is 0 Å². The third kappa shape index (κ3) is 4.22. The van der Waals surface area contributed by atoms with Gasteiger partial charge in [-0.2, -0.15) is 0 Å². The van der Waals surface area contributed by atoms with E-state index in [0.717, 1.165) is 19.3 Å². The van der Waals surface area contributed by atoms with Gasteiger partial charge in [0.15, 0.2) is 0 Å². The summed E-state index contributed by atoms with van der Waals surface area (Å²) in [4.78, 5) is 22.2. The highest BCUT2D eigenvalue weighted by Gasteiger charge is 2.40. The Morgan fingerprint density at radius 1 is 1.41 bits per heavy atom. The average Bonchev–Trinajstić information content (AvgIpc) is 3.06. The van der Waals surface area contributed by atoms with Gasteiger partial charge in [-0.3, -0.25) is 0 Å². The number of hydrogen-bond donors (Lipinski definition) is 4. The van der Waals surface area contributed by atoms with Gasteiger partial charge >= 0.3 is 12.0 Å². The lowest BCUT2D eigenvalue weighted by atomic mass is 10.0. The molecule has 1 fully saturated rings. The van der Waals surface area contributed by atoms with E-state index in [4.69, 9.17) is 10.2 Å². The van der Waals surface area contributed by atoms with Crippen LogP contribution in [0.15, 0.2) is 0 Å². The Hall–Kier alpha value is -1.30. The summed E-state index contributed by atoms with van der Waals surface area (Å²) in [6.07, 6.45) is 3.26. The van der Waals surface area contributed by atoms with Crippen LogP contribution in [0.5, 0.6) is 0 Å². The van der Waals surface area contributed by atoms with Crippen molar-refractivity contribution in [3.8, 4) is 0 Å². The third-order valence-corrected chi connectivity index (χ3v) is 3.35. The number of urea groups is 1. The van der Waals surface area contributed by atoms with Crippen LogP contribution in [0.4, 0.5) is 4.79 Å². The van der Waals surface area contributed by atoms with Crippen LogP contribution in [0, 0.1) is 5.41 Å². The fraction of sp³-hybridized carbons (Fsp3) is 0.818. The van der Waals surface area contributed by atoms with Gasteiger partial charge in [-0.15, -0.1) is 0 Å². The minimum atomic E-state index is -1.13. The van der Waals surface area contributed by atoms with E-state index in [1.54, 1.807) is 0 Å². The van der Waals surface area contributed by atoms with Crippen LogP contribution in [-0.2, 0) is 4.79 Å². The van der Waals surface area contributed by atoms with E-state index in [9.17, 15) is 9.59 Å². The first-order chi connectivity index (χ1) is 8.03. The fourth-order valence-corrected chi connectivity index (χ4v) is 1.70. The molecule has 4 N–H and O–H groups in total. The smallest absolute Gasteiger partial charge is 0.326 e. The third-order valence-electron chi connectivity index (χ3n) is 3.35. The minimum Gasteiger partial charge on any atom is -0.480 e. The summed E-state index contributed by atoms with van der Waals surface area (Å²) >= 11 is 0. The molecular formula is C11H20N2O4.